The fourth-order valence-electron chi connectivity index (χ4n) is 3.06. The molecule has 0 aliphatic heterocycles. The lowest BCUT2D eigenvalue weighted by molar-refractivity contribution is -0.115. The SMILES string of the molecule is COc1cccc(CC(=O)Nc2ccccc2Cc2nc(-c3cccnc3)no2)c1. The monoisotopic (exact) mass is 400 g/mol. The summed E-state index contributed by atoms with van der Waals surface area (Å²) in [6.07, 6.45) is 4.02. The summed E-state index contributed by atoms with van der Waals surface area (Å²) in [6.45, 7) is 0. The molecular formula is C23H20N4O3. The van der Waals surface area contributed by atoms with E-state index in [0.717, 1.165) is 22.4 Å². The molecule has 0 unspecified atom stereocenters. The van der Waals surface area contributed by atoms with E-state index in [2.05, 4.69) is 20.4 Å². The van der Waals surface area contributed by atoms with Gasteiger partial charge in [-0.3, -0.25) is 9.78 Å². The summed E-state index contributed by atoms with van der Waals surface area (Å²) in [5, 5.41) is 7.00. The molecule has 2 aromatic heterocycles. The van der Waals surface area contributed by atoms with Gasteiger partial charge >= 0.3 is 0 Å². The molecular weight excluding hydrogens is 380 g/mol. The molecule has 1 N–H and O–H groups in total. The third-order valence-corrected chi connectivity index (χ3v) is 4.52. The van der Waals surface area contributed by atoms with Crippen molar-refractivity contribution < 1.29 is 14.1 Å². The van der Waals surface area contributed by atoms with Crippen LogP contribution in [-0.2, 0) is 17.6 Å². The van der Waals surface area contributed by atoms with Gasteiger partial charge in [0.05, 0.1) is 20.0 Å². The number of aromatic nitrogens is 3. The maximum atomic E-state index is 12.6. The van der Waals surface area contributed by atoms with Crippen LogP contribution in [0.15, 0.2) is 77.6 Å². The standard InChI is InChI=1S/C23H20N4O3/c1-29-19-9-4-6-16(12-19)13-21(28)25-20-10-3-2-7-17(20)14-22-26-23(27-30-22)18-8-5-11-24-15-18/h2-12,15H,13-14H2,1H3,(H,25,28). The zero-order chi connectivity index (χ0) is 20.8. The molecule has 150 valence electrons. The first-order valence-electron chi connectivity index (χ1n) is 9.45. The van der Waals surface area contributed by atoms with E-state index in [1.54, 1.807) is 19.5 Å². The van der Waals surface area contributed by atoms with Crippen LogP contribution in [0.3, 0.4) is 0 Å². The van der Waals surface area contributed by atoms with Gasteiger partial charge in [-0.1, -0.05) is 35.5 Å². The lowest BCUT2D eigenvalue weighted by Crippen LogP contribution is -2.15. The van der Waals surface area contributed by atoms with Crippen LogP contribution in [0.1, 0.15) is 17.0 Å². The predicted molar refractivity (Wildman–Crippen MR) is 112 cm³/mol. The molecule has 0 radical (unpaired) electrons. The molecule has 0 saturated carbocycles. The van der Waals surface area contributed by atoms with Gasteiger partial charge in [0, 0.05) is 23.6 Å². The van der Waals surface area contributed by atoms with Gasteiger partial charge in [-0.25, -0.2) is 0 Å². The molecule has 4 rings (SSSR count). The van der Waals surface area contributed by atoms with E-state index in [1.165, 1.54) is 0 Å². The average molecular weight is 400 g/mol. The highest BCUT2D eigenvalue weighted by molar-refractivity contribution is 5.93. The van der Waals surface area contributed by atoms with Gasteiger partial charge in [0.25, 0.3) is 0 Å². The van der Waals surface area contributed by atoms with Gasteiger partial charge < -0.3 is 14.6 Å². The van der Waals surface area contributed by atoms with Crippen LogP contribution in [0.25, 0.3) is 11.4 Å². The molecule has 0 aliphatic rings. The van der Waals surface area contributed by atoms with E-state index in [9.17, 15) is 4.79 Å². The summed E-state index contributed by atoms with van der Waals surface area (Å²) in [7, 11) is 1.60. The third-order valence-electron chi connectivity index (χ3n) is 4.52. The Morgan fingerprint density at radius 2 is 2.00 bits per heavy atom. The number of hydrogen-bond donors (Lipinski definition) is 1. The van der Waals surface area contributed by atoms with Gasteiger partial charge in [0.15, 0.2) is 0 Å². The van der Waals surface area contributed by atoms with Crippen LogP contribution in [0.4, 0.5) is 5.69 Å². The number of nitrogens with one attached hydrogen (secondary N) is 1. The predicted octanol–water partition coefficient (Wildman–Crippen LogP) is 3.91. The number of hydrogen-bond acceptors (Lipinski definition) is 6. The van der Waals surface area contributed by atoms with Crippen LogP contribution in [-0.4, -0.2) is 28.1 Å². The molecule has 0 aliphatic carbocycles. The van der Waals surface area contributed by atoms with Crippen LogP contribution in [0, 0.1) is 0 Å². The maximum Gasteiger partial charge on any atom is 0.231 e. The molecule has 0 bridgehead atoms. The number of amides is 1. The minimum Gasteiger partial charge on any atom is -0.497 e. The van der Waals surface area contributed by atoms with Crippen LogP contribution in [0.2, 0.25) is 0 Å². The van der Waals surface area contributed by atoms with Crippen molar-refractivity contribution in [2.24, 2.45) is 0 Å². The number of ether oxygens (including phenoxy) is 1. The Kier molecular flexibility index (Phi) is 5.80. The Morgan fingerprint density at radius 3 is 2.83 bits per heavy atom. The third kappa shape index (κ3) is 4.70. The minimum absolute atomic E-state index is 0.114. The largest absolute Gasteiger partial charge is 0.497 e. The van der Waals surface area contributed by atoms with E-state index in [1.807, 2.05) is 60.7 Å². The highest BCUT2D eigenvalue weighted by Gasteiger charge is 2.13. The fourth-order valence-corrected chi connectivity index (χ4v) is 3.06. The summed E-state index contributed by atoms with van der Waals surface area (Å²) >= 11 is 0. The number of rotatable bonds is 7. The Bertz CT molecular complexity index is 1140. The fraction of sp³-hybridized carbons (Fsp3) is 0.130. The van der Waals surface area contributed by atoms with Gasteiger partial charge in [-0.2, -0.15) is 4.98 Å². The number of anilines is 1. The van der Waals surface area contributed by atoms with Crippen molar-refractivity contribution in [2.75, 3.05) is 12.4 Å². The van der Waals surface area contributed by atoms with Crippen molar-refractivity contribution in [1.29, 1.82) is 0 Å². The zero-order valence-electron chi connectivity index (χ0n) is 16.4. The molecule has 2 aromatic carbocycles. The first-order valence-corrected chi connectivity index (χ1v) is 9.45. The minimum atomic E-state index is -0.114. The van der Waals surface area contributed by atoms with Gasteiger partial charge in [-0.15, -0.1) is 0 Å². The molecule has 30 heavy (non-hydrogen) atoms. The molecule has 0 atom stereocenters. The second-order valence-corrected chi connectivity index (χ2v) is 6.66. The molecule has 0 saturated heterocycles. The molecule has 4 aromatic rings. The Hall–Kier alpha value is -4.00. The topological polar surface area (TPSA) is 90.1 Å². The van der Waals surface area contributed by atoms with Crippen molar-refractivity contribution >= 4 is 11.6 Å². The molecule has 7 heteroatoms. The van der Waals surface area contributed by atoms with Crippen LogP contribution < -0.4 is 10.1 Å². The number of methoxy groups -OCH3 is 1. The molecule has 7 nitrogen and oxygen atoms in total. The lowest BCUT2D eigenvalue weighted by atomic mass is 10.1. The Morgan fingerprint density at radius 1 is 1.10 bits per heavy atom. The lowest BCUT2D eigenvalue weighted by Gasteiger charge is -2.10. The second kappa shape index (κ2) is 9.00. The summed E-state index contributed by atoms with van der Waals surface area (Å²) < 4.78 is 10.6. The van der Waals surface area contributed by atoms with E-state index in [-0.39, 0.29) is 12.3 Å². The van der Waals surface area contributed by atoms with E-state index in [4.69, 9.17) is 9.26 Å². The Balaban J connectivity index is 1.46. The van der Waals surface area contributed by atoms with E-state index >= 15 is 0 Å². The number of benzene rings is 2. The number of carbonyl (C=O) groups is 1. The first kappa shape index (κ1) is 19.3. The van der Waals surface area contributed by atoms with Crippen molar-refractivity contribution in [1.82, 2.24) is 15.1 Å². The number of para-hydroxylation sites is 1. The quantitative estimate of drug-likeness (QED) is 0.506. The van der Waals surface area contributed by atoms with E-state index < -0.39 is 0 Å². The van der Waals surface area contributed by atoms with Crippen LogP contribution in [0.5, 0.6) is 5.75 Å². The van der Waals surface area contributed by atoms with E-state index in [0.29, 0.717) is 23.8 Å². The summed E-state index contributed by atoms with van der Waals surface area (Å²) in [4.78, 5) is 21.1. The normalized spacial score (nSPS) is 10.6. The molecule has 0 fully saturated rings. The van der Waals surface area contributed by atoms with Crippen molar-refractivity contribution in [2.45, 2.75) is 12.8 Å². The number of nitrogens with zero attached hydrogens (tertiary/aromatic N) is 3. The molecule has 2 heterocycles. The van der Waals surface area contributed by atoms with Crippen molar-refractivity contribution in [3.63, 3.8) is 0 Å². The summed E-state index contributed by atoms with van der Waals surface area (Å²) in [5.74, 6) is 1.56. The second-order valence-electron chi connectivity index (χ2n) is 6.66. The van der Waals surface area contributed by atoms with Gasteiger partial charge in [0.1, 0.15) is 5.75 Å². The summed E-state index contributed by atoms with van der Waals surface area (Å²) in [6, 6.07) is 18.7. The first-order chi connectivity index (χ1) is 14.7. The summed E-state index contributed by atoms with van der Waals surface area (Å²) in [5.41, 5.74) is 3.26. The smallest absolute Gasteiger partial charge is 0.231 e. The highest BCUT2D eigenvalue weighted by atomic mass is 16.5. The molecule has 0 spiro atoms. The number of pyridine rings is 1. The average Bonchev–Trinajstić information content (AvgIpc) is 3.24. The zero-order valence-corrected chi connectivity index (χ0v) is 16.4. The van der Waals surface area contributed by atoms with Crippen molar-refractivity contribution in [3.8, 4) is 17.1 Å². The van der Waals surface area contributed by atoms with Crippen LogP contribution >= 0.6 is 0 Å². The molecule has 1 amide bonds. The van der Waals surface area contributed by atoms with Gasteiger partial charge in [0.2, 0.25) is 17.6 Å². The number of carbonyl (C=O) groups excluding carboxylic acids is 1. The Labute approximate surface area is 173 Å². The highest BCUT2D eigenvalue weighted by Crippen LogP contribution is 2.21. The van der Waals surface area contributed by atoms with Gasteiger partial charge in [-0.05, 0) is 41.5 Å². The van der Waals surface area contributed by atoms with Crippen molar-refractivity contribution in [3.05, 3.63) is 90.1 Å². The maximum absolute atomic E-state index is 12.6.